The van der Waals surface area contributed by atoms with Gasteiger partial charge in [-0.3, -0.25) is 4.99 Å². The van der Waals surface area contributed by atoms with E-state index in [1.807, 2.05) is 0 Å². The highest BCUT2D eigenvalue weighted by atomic mass is 16.5. The van der Waals surface area contributed by atoms with Crippen LogP contribution in [0.1, 0.15) is 45.6 Å². The number of nitrogens with one attached hydrogen (secondary N) is 2. The van der Waals surface area contributed by atoms with Crippen LogP contribution < -0.4 is 15.4 Å². The third kappa shape index (κ3) is 9.81. The summed E-state index contributed by atoms with van der Waals surface area (Å²) in [7, 11) is 1.77. The SMILES string of the molecule is CCNC(=NCCc1ccc(OCC(C)C)cc1)NC1CCN(CCCOC)CC1. The van der Waals surface area contributed by atoms with Crippen molar-refractivity contribution < 1.29 is 9.47 Å². The maximum atomic E-state index is 5.76. The number of hydrogen-bond acceptors (Lipinski definition) is 4. The predicted molar refractivity (Wildman–Crippen MR) is 126 cm³/mol. The van der Waals surface area contributed by atoms with E-state index in [9.17, 15) is 0 Å². The second kappa shape index (κ2) is 14.3. The first-order valence-electron chi connectivity index (χ1n) is 11.6. The summed E-state index contributed by atoms with van der Waals surface area (Å²) in [5.74, 6) is 2.42. The largest absolute Gasteiger partial charge is 0.493 e. The fourth-order valence-corrected chi connectivity index (χ4v) is 3.56. The third-order valence-electron chi connectivity index (χ3n) is 5.27. The molecule has 1 fully saturated rings. The zero-order valence-corrected chi connectivity index (χ0v) is 19.5. The van der Waals surface area contributed by atoms with Gasteiger partial charge < -0.3 is 25.0 Å². The van der Waals surface area contributed by atoms with Gasteiger partial charge in [-0.25, -0.2) is 0 Å². The van der Waals surface area contributed by atoms with E-state index in [4.69, 9.17) is 14.5 Å². The summed E-state index contributed by atoms with van der Waals surface area (Å²) in [5, 5.41) is 7.03. The molecule has 0 bridgehead atoms. The van der Waals surface area contributed by atoms with Gasteiger partial charge in [0.05, 0.1) is 6.61 Å². The number of piperidine rings is 1. The molecule has 1 saturated heterocycles. The summed E-state index contributed by atoms with van der Waals surface area (Å²) in [6, 6.07) is 8.91. The lowest BCUT2D eigenvalue weighted by atomic mass is 10.1. The highest BCUT2D eigenvalue weighted by Crippen LogP contribution is 2.14. The van der Waals surface area contributed by atoms with Crippen molar-refractivity contribution in [1.82, 2.24) is 15.5 Å². The number of methoxy groups -OCH3 is 1. The van der Waals surface area contributed by atoms with E-state index in [2.05, 4.69) is 60.6 Å². The zero-order chi connectivity index (χ0) is 21.6. The molecule has 2 N–H and O–H groups in total. The van der Waals surface area contributed by atoms with Gasteiger partial charge in [0.1, 0.15) is 5.75 Å². The Morgan fingerprint density at radius 1 is 1.20 bits per heavy atom. The summed E-state index contributed by atoms with van der Waals surface area (Å²) in [6.45, 7) is 13.1. The van der Waals surface area contributed by atoms with Gasteiger partial charge in [-0.05, 0) is 56.2 Å². The molecule has 0 radical (unpaired) electrons. The molecule has 0 unspecified atom stereocenters. The van der Waals surface area contributed by atoms with E-state index in [0.717, 1.165) is 83.3 Å². The average Bonchev–Trinajstić information content (AvgIpc) is 2.74. The van der Waals surface area contributed by atoms with Gasteiger partial charge in [-0.1, -0.05) is 26.0 Å². The molecule has 1 aliphatic rings. The van der Waals surface area contributed by atoms with Gasteiger partial charge in [0.2, 0.25) is 0 Å². The van der Waals surface area contributed by atoms with Crippen molar-refractivity contribution in [2.24, 2.45) is 10.9 Å². The molecule has 1 aromatic carbocycles. The number of nitrogens with zero attached hydrogens (tertiary/aromatic N) is 2. The Bertz CT molecular complexity index is 596. The van der Waals surface area contributed by atoms with Crippen LogP contribution in [0, 0.1) is 5.92 Å². The van der Waals surface area contributed by atoms with Crippen LogP contribution in [-0.4, -0.2) is 69.9 Å². The van der Waals surface area contributed by atoms with Crippen molar-refractivity contribution in [2.45, 2.75) is 52.5 Å². The first kappa shape index (κ1) is 24.5. The van der Waals surface area contributed by atoms with Gasteiger partial charge in [0.15, 0.2) is 5.96 Å². The fourth-order valence-electron chi connectivity index (χ4n) is 3.56. The van der Waals surface area contributed by atoms with Crippen LogP contribution in [-0.2, 0) is 11.2 Å². The number of guanidine groups is 1. The number of hydrogen-bond donors (Lipinski definition) is 2. The molecular formula is C24H42N4O2. The Labute approximate surface area is 183 Å². The molecule has 0 aliphatic carbocycles. The molecule has 0 amide bonds. The molecular weight excluding hydrogens is 376 g/mol. The summed E-state index contributed by atoms with van der Waals surface area (Å²) < 4.78 is 10.9. The summed E-state index contributed by atoms with van der Waals surface area (Å²) in [6.07, 6.45) is 4.37. The lowest BCUT2D eigenvalue weighted by Gasteiger charge is -2.33. The molecule has 30 heavy (non-hydrogen) atoms. The molecule has 2 rings (SSSR count). The van der Waals surface area contributed by atoms with Crippen LogP contribution in [0.2, 0.25) is 0 Å². The molecule has 6 nitrogen and oxygen atoms in total. The van der Waals surface area contributed by atoms with Crippen LogP contribution in [0.5, 0.6) is 5.75 Å². The first-order chi connectivity index (χ1) is 14.6. The van der Waals surface area contributed by atoms with Crippen molar-refractivity contribution in [3.8, 4) is 5.75 Å². The number of benzene rings is 1. The smallest absolute Gasteiger partial charge is 0.191 e. The molecule has 0 aromatic heterocycles. The molecule has 6 heteroatoms. The normalized spacial score (nSPS) is 16.1. The van der Waals surface area contributed by atoms with Crippen LogP contribution in [0.15, 0.2) is 29.3 Å². The Hall–Kier alpha value is -1.79. The Balaban J connectivity index is 1.74. The molecule has 1 aromatic rings. The standard InChI is InChI=1S/C24H42N4O2/c1-5-25-24(27-22-12-16-28(17-13-22)15-6-18-29-4)26-14-11-21-7-9-23(10-8-21)30-19-20(2)3/h7-10,20,22H,5-6,11-19H2,1-4H3,(H2,25,26,27). The molecule has 1 heterocycles. The maximum absolute atomic E-state index is 5.76. The van der Waals surface area contributed by atoms with Gasteiger partial charge in [0, 0.05) is 52.5 Å². The number of ether oxygens (including phenoxy) is 2. The minimum atomic E-state index is 0.499. The van der Waals surface area contributed by atoms with Crippen LogP contribution in [0.25, 0.3) is 0 Å². The Kier molecular flexibility index (Phi) is 11.6. The predicted octanol–water partition coefficient (Wildman–Crippen LogP) is 3.32. The maximum Gasteiger partial charge on any atom is 0.191 e. The summed E-state index contributed by atoms with van der Waals surface area (Å²) >= 11 is 0. The molecule has 0 spiro atoms. The quantitative estimate of drug-likeness (QED) is 0.310. The highest BCUT2D eigenvalue weighted by Gasteiger charge is 2.19. The third-order valence-corrected chi connectivity index (χ3v) is 5.27. The van der Waals surface area contributed by atoms with E-state index in [1.54, 1.807) is 7.11 Å². The van der Waals surface area contributed by atoms with Gasteiger partial charge in [0.25, 0.3) is 0 Å². The van der Waals surface area contributed by atoms with Gasteiger partial charge in [-0.15, -0.1) is 0 Å². The van der Waals surface area contributed by atoms with Crippen LogP contribution in [0.3, 0.4) is 0 Å². The van der Waals surface area contributed by atoms with Crippen molar-refractivity contribution >= 4 is 5.96 Å². The van der Waals surface area contributed by atoms with E-state index in [1.165, 1.54) is 5.56 Å². The molecule has 1 aliphatic heterocycles. The Morgan fingerprint density at radius 2 is 1.93 bits per heavy atom. The van der Waals surface area contributed by atoms with Crippen molar-refractivity contribution in [1.29, 1.82) is 0 Å². The van der Waals surface area contributed by atoms with Crippen molar-refractivity contribution in [3.63, 3.8) is 0 Å². The van der Waals surface area contributed by atoms with Crippen LogP contribution in [0.4, 0.5) is 0 Å². The summed E-state index contributed by atoms with van der Waals surface area (Å²) in [5.41, 5.74) is 1.29. The highest BCUT2D eigenvalue weighted by molar-refractivity contribution is 5.80. The van der Waals surface area contributed by atoms with Crippen LogP contribution >= 0.6 is 0 Å². The molecule has 0 atom stereocenters. The minimum Gasteiger partial charge on any atom is -0.493 e. The van der Waals surface area contributed by atoms with Crippen molar-refractivity contribution in [3.05, 3.63) is 29.8 Å². The molecule has 0 saturated carbocycles. The monoisotopic (exact) mass is 418 g/mol. The fraction of sp³-hybridized carbons (Fsp3) is 0.708. The van der Waals surface area contributed by atoms with E-state index < -0.39 is 0 Å². The summed E-state index contributed by atoms with van der Waals surface area (Å²) in [4.78, 5) is 7.34. The first-order valence-corrected chi connectivity index (χ1v) is 11.6. The topological polar surface area (TPSA) is 58.1 Å². The van der Waals surface area contributed by atoms with Gasteiger partial charge in [-0.2, -0.15) is 0 Å². The lowest BCUT2D eigenvalue weighted by Crippen LogP contribution is -2.49. The van der Waals surface area contributed by atoms with E-state index >= 15 is 0 Å². The number of rotatable bonds is 12. The molecule has 170 valence electrons. The number of aliphatic imine (C=N–C) groups is 1. The zero-order valence-electron chi connectivity index (χ0n) is 19.5. The van der Waals surface area contributed by atoms with E-state index in [0.29, 0.717) is 12.0 Å². The Morgan fingerprint density at radius 3 is 2.57 bits per heavy atom. The van der Waals surface area contributed by atoms with Gasteiger partial charge >= 0.3 is 0 Å². The lowest BCUT2D eigenvalue weighted by molar-refractivity contribution is 0.155. The van der Waals surface area contributed by atoms with Crippen molar-refractivity contribution in [2.75, 3.05) is 53.0 Å². The second-order valence-electron chi connectivity index (χ2n) is 8.47. The second-order valence-corrected chi connectivity index (χ2v) is 8.47. The van der Waals surface area contributed by atoms with E-state index in [-0.39, 0.29) is 0 Å². The average molecular weight is 419 g/mol. The minimum absolute atomic E-state index is 0.499. The number of likely N-dealkylation sites (tertiary alicyclic amines) is 1.